The van der Waals surface area contributed by atoms with Crippen molar-refractivity contribution in [2.24, 2.45) is 0 Å². The first-order chi connectivity index (χ1) is 12.4. The van der Waals surface area contributed by atoms with Gasteiger partial charge in [-0.05, 0) is 40.1 Å². The second kappa shape index (κ2) is 7.59. The van der Waals surface area contributed by atoms with Crippen molar-refractivity contribution in [1.29, 1.82) is 0 Å². The Balaban J connectivity index is 1.79. The number of fused-ring (bicyclic) bond motifs is 1. The van der Waals surface area contributed by atoms with Crippen LogP contribution in [0, 0.1) is 5.82 Å². The van der Waals surface area contributed by atoms with Gasteiger partial charge in [-0.25, -0.2) is 4.39 Å². The summed E-state index contributed by atoms with van der Waals surface area (Å²) in [4.78, 5) is 2.39. The molecule has 0 aliphatic rings. The van der Waals surface area contributed by atoms with Crippen LogP contribution in [-0.4, -0.2) is 11.4 Å². The van der Waals surface area contributed by atoms with E-state index in [2.05, 4.69) is 56.9 Å². The normalized spacial score (nSPS) is 12.1. The number of halogens is 1. The van der Waals surface area contributed by atoms with Crippen LogP contribution in [0.5, 0.6) is 0 Å². The van der Waals surface area contributed by atoms with E-state index in [0.717, 1.165) is 25.0 Å². The summed E-state index contributed by atoms with van der Waals surface area (Å²) in [6, 6.07) is 20.2. The summed E-state index contributed by atoms with van der Waals surface area (Å²) in [6.07, 6.45) is 0. The van der Waals surface area contributed by atoms with Gasteiger partial charge in [-0.15, -0.1) is 0 Å². The van der Waals surface area contributed by atoms with E-state index in [4.69, 9.17) is 0 Å². The SMILES string of the molecule is CCN(Cc1ccc(C(C)(C)C)cc1)Cc1ccc(F)c2ccccc12. The zero-order chi connectivity index (χ0) is 18.7. The van der Waals surface area contributed by atoms with E-state index >= 15 is 0 Å². The zero-order valence-corrected chi connectivity index (χ0v) is 16.2. The van der Waals surface area contributed by atoms with Gasteiger partial charge in [-0.2, -0.15) is 0 Å². The Morgan fingerprint density at radius 3 is 2.08 bits per heavy atom. The van der Waals surface area contributed by atoms with Crippen molar-refractivity contribution in [2.75, 3.05) is 6.54 Å². The summed E-state index contributed by atoms with van der Waals surface area (Å²) in [6.45, 7) is 11.5. The van der Waals surface area contributed by atoms with Gasteiger partial charge in [-0.3, -0.25) is 4.90 Å². The lowest BCUT2D eigenvalue weighted by atomic mass is 9.87. The Bertz CT molecular complexity index is 875. The first-order valence-corrected chi connectivity index (χ1v) is 9.36. The highest BCUT2D eigenvalue weighted by atomic mass is 19.1. The molecule has 0 radical (unpaired) electrons. The van der Waals surface area contributed by atoms with Crippen LogP contribution >= 0.6 is 0 Å². The molecule has 26 heavy (non-hydrogen) atoms. The zero-order valence-electron chi connectivity index (χ0n) is 16.2. The molecule has 0 saturated carbocycles. The Hall–Kier alpha value is -2.19. The summed E-state index contributed by atoms with van der Waals surface area (Å²) in [5.74, 6) is -0.148. The second-order valence-corrected chi connectivity index (χ2v) is 8.00. The van der Waals surface area contributed by atoms with Gasteiger partial charge in [0.05, 0.1) is 0 Å². The molecule has 0 N–H and O–H groups in total. The van der Waals surface area contributed by atoms with E-state index in [1.807, 2.05) is 30.3 Å². The largest absolute Gasteiger partial charge is 0.295 e. The fraction of sp³-hybridized carbons (Fsp3) is 0.333. The van der Waals surface area contributed by atoms with Gasteiger partial charge in [0, 0.05) is 18.5 Å². The summed E-state index contributed by atoms with van der Waals surface area (Å²) in [5.41, 5.74) is 4.02. The first-order valence-electron chi connectivity index (χ1n) is 9.36. The minimum absolute atomic E-state index is 0.148. The molecule has 0 aliphatic carbocycles. The molecule has 3 aromatic rings. The smallest absolute Gasteiger partial charge is 0.131 e. The fourth-order valence-electron chi connectivity index (χ4n) is 3.35. The van der Waals surface area contributed by atoms with Gasteiger partial charge in [0.2, 0.25) is 0 Å². The van der Waals surface area contributed by atoms with E-state index in [1.54, 1.807) is 6.07 Å². The standard InChI is InChI=1S/C24H28FN/c1-5-26(16-18-10-13-20(14-11-18)24(2,3)4)17-19-12-15-23(25)22-9-7-6-8-21(19)22/h6-15H,5,16-17H2,1-4H3. The summed E-state index contributed by atoms with van der Waals surface area (Å²) in [7, 11) is 0. The van der Waals surface area contributed by atoms with Crippen molar-refractivity contribution >= 4 is 10.8 Å². The first kappa shape index (κ1) is 18.6. The molecule has 2 heteroatoms. The Labute approximate surface area is 156 Å². The van der Waals surface area contributed by atoms with Crippen LogP contribution < -0.4 is 0 Å². The van der Waals surface area contributed by atoms with Crippen LogP contribution in [0.4, 0.5) is 4.39 Å². The van der Waals surface area contributed by atoms with Gasteiger partial charge >= 0.3 is 0 Å². The van der Waals surface area contributed by atoms with Crippen molar-refractivity contribution in [2.45, 2.75) is 46.2 Å². The van der Waals surface area contributed by atoms with Crippen LogP contribution in [0.3, 0.4) is 0 Å². The van der Waals surface area contributed by atoms with Gasteiger partial charge in [0.1, 0.15) is 5.82 Å². The van der Waals surface area contributed by atoms with Crippen LogP contribution in [0.2, 0.25) is 0 Å². The molecule has 0 saturated heterocycles. The maximum Gasteiger partial charge on any atom is 0.131 e. The molecule has 1 nitrogen and oxygen atoms in total. The molecular weight excluding hydrogens is 321 g/mol. The molecule has 0 amide bonds. The molecule has 0 atom stereocenters. The lowest BCUT2D eigenvalue weighted by molar-refractivity contribution is 0.272. The average molecular weight is 349 g/mol. The molecule has 0 bridgehead atoms. The van der Waals surface area contributed by atoms with E-state index in [1.165, 1.54) is 16.7 Å². The number of rotatable bonds is 5. The van der Waals surface area contributed by atoms with Crippen molar-refractivity contribution in [3.05, 3.63) is 83.2 Å². The van der Waals surface area contributed by atoms with Crippen LogP contribution in [-0.2, 0) is 18.5 Å². The van der Waals surface area contributed by atoms with Crippen molar-refractivity contribution in [1.82, 2.24) is 4.90 Å². The van der Waals surface area contributed by atoms with E-state index < -0.39 is 0 Å². The summed E-state index contributed by atoms with van der Waals surface area (Å²) >= 11 is 0. The molecule has 3 rings (SSSR count). The van der Waals surface area contributed by atoms with E-state index in [-0.39, 0.29) is 11.2 Å². The predicted octanol–water partition coefficient (Wildman–Crippen LogP) is 6.30. The van der Waals surface area contributed by atoms with Crippen molar-refractivity contribution < 1.29 is 4.39 Å². The van der Waals surface area contributed by atoms with Crippen LogP contribution in [0.15, 0.2) is 60.7 Å². The van der Waals surface area contributed by atoms with Gasteiger partial charge in [-0.1, -0.05) is 82.3 Å². The number of hydrogen-bond donors (Lipinski definition) is 0. The Kier molecular flexibility index (Phi) is 5.43. The molecule has 0 heterocycles. The summed E-state index contributed by atoms with van der Waals surface area (Å²) in [5, 5.41) is 1.71. The summed E-state index contributed by atoms with van der Waals surface area (Å²) < 4.78 is 14.1. The third-order valence-corrected chi connectivity index (χ3v) is 5.03. The maximum atomic E-state index is 14.1. The fourth-order valence-corrected chi connectivity index (χ4v) is 3.35. The topological polar surface area (TPSA) is 3.24 Å². The average Bonchev–Trinajstić information content (AvgIpc) is 2.63. The van der Waals surface area contributed by atoms with Crippen molar-refractivity contribution in [3.63, 3.8) is 0 Å². The highest BCUT2D eigenvalue weighted by Gasteiger charge is 2.14. The maximum absolute atomic E-state index is 14.1. The number of hydrogen-bond acceptors (Lipinski definition) is 1. The lowest BCUT2D eigenvalue weighted by Gasteiger charge is -2.23. The molecule has 3 aromatic carbocycles. The highest BCUT2D eigenvalue weighted by Crippen LogP contribution is 2.25. The molecule has 0 aliphatic heterocycles. The molecule has 136 valence electrons. The number of benzene rings is 3. The molecule has 0 aromatic heterocycles. The van der Waals surface area contributed by atoms with E-state index in [0.29, 0.717) is 5.39 Å². The van der Waals surface area contributed by atoms with Gasteiger partial charge in [0.15, 0.2) is 0 Å². The number of nitrogens with zero attached hydrogens (tertiary/aromatic N) is 1. The quantitative estimate of drug-likeness (QED) is 0.522. The molecule has 0 spiro atoms. The highest BCUT2D eigenvalue weighted by molar-refractivity contribution is 5.86. The molecular formula is C24H28FN. The van der Waals surface area contributed by atoms with Gasteiger partial charge < -0.3 is 0 Å². The van der Waals surface area contributed by atoms with Gasteiger partial charge in [0.25, 0.3) is 0 Å². The third-order valence-electron chi connectivity index (χ3n) is 5.03. The second-order valence-electron chi connectivity index (χ2n) is 8.00. The predicted molar refractivity (Wildman–Crippen MR) is 109 cm³/mol. The van der Waals surface area contributed by atoms with E-state index in [9.17, 15) is 4.39 Å². The molecule has 0 fully saturated rings. The van der Waals surface area contributed by atoms with Crippen LogP contribution in [0.1, 0.15) is 44.4 Å². The lowest BCUT2D eigenvalue weighted by Crippen LogP contribution is -2.22. The minimum atomic E-state index is -0.148. The minimum Gasteiger partial charge on any atom is -0.295 e. The third kappa shape index (κ3) is 4.13. The molecule has 0 unspecified atom stereocenters. The monoisotopic (exact) mass is 349 g/mol. The van der Waals surface area contributed by atoms with Crippen LogP contribution in [0.25, 0.3) is 10.8 Å². The Morgan fingerprint density at radius 1 is 0.808 bits per heavy atom. The Morgan fingerprint density at radius 2 is 1.46 bits per heavy atom. The van der Waals surface area contributed by atoms with Crippen molar-refractivity contribution in [3.8, 4) is 0 Å².